The number of amides is 2. The van der Waals surface area contributed by atoms with Crippen LogP contribution in [0, 0.1) is 12.8 Å². The van der Waals surface area contributed by atoms with E-state index < -0.39 is 5.97 Å². The van der Waals surface area contributed by atoms with Gasteiger partial charge in [0.2, 0.25) is 5.95 Å². The Labute approximate surface area is 129 Å². The molecule has 0 aliphatic carbocycles. The molecule has 0 bridgehead atoms. The van der Waals surface area contributed by atoms with Crippen LogP contribution < -0.4 is 10.2 Å². The van der Waals surface area contributed by atoms with Gasteiger partial charge in [0.1, 0.15) is 5.82 Å². The largest absolute Gasteiger partial charge is 0.481 e. The van der Waals surface area contributed by atoms with Crippen molar-refractivity contribution in [1.82, 2.24) is 14.9 Å². The zero-order valence-electron chi connectivity index (χ0n) is 13.0. The third-order valence-electron chi connectivity index (χ3n) is 3.65. The van der Waals surface area contributed by atoms with Gasteiger partial charge in [0.25, 0.3) is 0 Å². The van der Waals surface area contributed by atoms with Gasteiger partial charge in [0.15, 0.2) is 0 Å². The van der Waals surface area contributed by atoms with Crippen LogP contribution in [0.15, 0.2) is 6.07 Å². The van der Waals surface area contributed by atoms with Gasteiger partial charge in [-0.15, -0.1) is 0 Å². The minimum Gasteiger partial charge on any atom is -0.481 e. The number of carbonyl (C=O) groups is 2. The number of carboxylic acids is 1. The van der Waals surface area contributed by atoms with Crippen molar-refractivity contribution in [3.05, 3.63) is 11.8 Å². The molecule has 0 atom stereocenters. The van der Waals surface area contributed by atoms with Gasteiger partial charge in [-0.05, 0) is 19.8 Å². The van der Waals surface area contributed by atoms with Crippen LogP contribution in [0.5, 0.6) is 0 Å². The van der Waals surface area contributed by atoms with Crippen LogP contribution in [0.3, 0.4) is 0 Å². The van der Waals surface area contributed by atoms with Crippen LogP contribution in [0.4, 0.5) is 16.6 Å². The lowest BCUT2D eigenvalue weighted by Crippen LogP contribution is -2.42. The first-order chi connectivity index (χ1) is 10.4. The molecule has 1 saturated heterocycles. The van der Waals surface area contributed by atoms with Crippen LogP contribution in [0.25, 0.3) is 0 Å². The molecule has 0 spiro atoms. The van der Waals surface area contributed by atoms with Crippen LogP contribution >= 0.6 is 0 Å². The van der Waals surface area contributed by atoms with Crippen molar-refractivity contribution < 1.29 is 14.7 Å². The highest BCUT2D eigenvalue weighted by atomic mass is 16.4. The van der Waals surface area contributed by atoms with Gasteiger partial charge in [-0.2, -0.15) is 4.98 Å². The van der Waals surface area contributed by atoms with E-state index in [1.807, 2.05) is 32.0 Å². The quantitative estimate of drug-likeness (QED) is 0.870. The fourth-order valence-electron chi connectivity index (χ4n) is 2.34. The Balaban J connectivity index is 1.99. The number of piperidine rings is 1. The fourth-order valence-corrected chi connectivity index (χ4v) is 2.34. The number of anilines is 2. The number of nitrogens with one attached hydrogen (secondary N) is 1. The van der Waals surface area contributed by atoms with Crippen molar-refractivity contribution in [3.63, 3.8) is 0 Å². The van der Waals surface area contributed by atoms with Crippen LogP contribution in [0.2, 0.25) is 0 Å². The molecule has 1 aliphatic heterocycles. The number of likely N-dealkylation sites (tertiary alicyclic amines) is 1. The second kappa shape index (κ2) is 6.59. The zero-order valence-corrected chi connectivity index (χ0v) is 13.0. The molecule has 2 amide bonds. The summed E-state index contributed by atoms with van der Waals surface area (Å²) >= 11 is 0. The number of aryl methyl sites for hydroxylation is 1. The summed E-state index contributed by atoms with van der Waals surface area (Å²) in [6, 6.07) is 1.53. The van der Waals surface area contributed by atoms with E-state index in [0.29, 0.717) is 31.7 Å². The Morgan fingerprint density at radius 2 is 1.95 bits per heavy atom. The van der Waals surface area contributed by atoms with E-state index in [2.05, 4.69) is 15.3 Å². The first kappa shape index (κ1) is 16.0. The Hall–Kier alpha value is -2.38. The first-order valence-electron chi connectivity index (χ1n) is 7.18. The van der Waals surface area contributed by atoms with Crippen molar-refractivity contribution in [2.24, 2.45) is 5.92 Å². The van der Waals surface area contributed by atoms with Gasteiger partial charge in [-0.3, -0.25) is 10.1 Å². The van der Waals surface area contributed by atoms with E-state index in [-0.39, 0.29) is 17.9 Å². The molecule has 0 unspecified atom stereocenters. The topological polar surface area (TPSA) is 98.7 Å². The summed E-state index contributed by atoms with van der Waals surface area (Å²) in [5, 5.41) is 11.7. The molecule has 1 aromatic heterocycles. The molecule has 1 fully saturated rings. The number of aromatic nitrogens is 2. The molecule has 2 rings (SSSR count). The van der Waals surface area contributed by atoms with E-state index in [4.69, 9.17) is 5.11 Å². The molecule has 22 heavy (non-hydrogen) atoms. The predicted octanol–water partition coefficient (Wildman–Crippen LogP) is 1.18. The van der Waals surface area contributed by atoms with Crippen molar-refractivity contribution in [2.75, 3.05) is 37.4 Å². The Morgan fingerprint density at radius 3 is 2.50 bits per heavy atom. The second-order valence-electron chi connectivity index (χ2n) is 5.62. The lowest BCUT2D eigenvalue weighted by Gasteiger charge is -2.29. The molecule has 0 radical (unpaired) electrons. The van der Waals surface area contributed by atoms with Gasteiger partial charge >= 0.3 is 12.0 Å². The maximum absolute atomic E-state index is 12.2. The minimum absolute atomic E-state index is 0.258. The van der Waals surface area contributed by atoms with Crippen LogP contribution in [0.1, 0.15) is 18.5 Å². The molecule has 120 valence electrons. The minimum atomic E-state index is -0.794. The van der Waals surface area contributed by atoms with Gasteiger partial charge in [-0.1, -0.05) is 0 Å². The number of rotatable bonds is 3. The fraction of sp³-hybridized carbons (Fsp3) is 0.571. The zero-order chi connectivity index (χ0) is 16.3. The smallest absolute Gasteiger partial charge is 0.324 e. The summed E-state index contributed by atoms with van der Waals surface area (Å²) in [5.41, 5.74) is 0.763. The molecule has 1 aliphatic rings. The van der Waals surface area contributed by atoms with Crippen molar-refractivity contribution >= 4 is 23.8 Å². The molecule has 8 nitrogen and oxygen atoms in total. The summed E-state index contributed by atoms with van der Waals surface area (Å²) in [7, 11) is 3.73. The number of aliphatic carboxylic acids is 1. The van der Waals surface area contributed by atoms with E-state index in [9.17, 15) is 9.59 Å². The molecular formula is C14H21N5O3. The van der Waals surface area contributed by atoms with Crippen molar-refractivity contribution in [2.45, 2.75) is 19.8 Å². The molecule has 1 aromatic rings. The summed E-state index contributed by atoms with van der Waals surface area (Å²) < 4.78 is 0. The van der Waals surface area contributed by atoms with Gasteiger partial charge in [0.05, 0.1) is 5.92 Å². The highest BCUT2D eigenvalue weighted by Gasteiger charge is 2.27. The van der Waals surface area contributed by atoms with Crippen molar-refractivity contribution in [3.8, 4) is 0 Å². The van der Waals surface area contributed by atoms with Gasteiger partial charge < -0.3 is 14.9 Å². The Kier molecular flexibility index (Phi) is 4.79. The van der Waals surface area contributed by atoms with Crippen molar-refractivity contribution in [1.29, 1.82) is 0 Å². The van der Waals surface area contributed by atoms with E-state index >= 15 is 0 Å². The molecule has 0 saturated carbocycles. The summed E-state index contributed by atoms with van der Waals surface area (Å²) in [5.74, 6) is -0.182. The lowest BCUT2D eigenvalue weighted by molar-refractivity contribution is -0.143. The van der Waals surface area contributed by atoms with E-state index in [0.717, 1.165) is 5.69 Å². The number of hydrogen-bond acceptors (Lipinski definition) is 5. The van der Waals surface area contributed by atoms with Gasteiger partial charge in [0, 0.05) is 38.9 Å². The highest BCUT2D eigenvalue weighted by molar-refractivity contribution is 5.87. The molecule has 8 heteroatoms. The molecule has 0 aromatic carbocycles. The number of carbonyl (C=O) groups excluding carboxylic acids is 1. The number of hydrogen-bond donors (Lipinski definition) is 2. The van der Waals surface area contributed by atoms with Gasteiger partial charge in [-0.25, -0.2) is 9.78 Å². The second-order valence-corrected chi connectivity index (χ2v) is 5.62. The summed E-state index contributed by atoms with van der Waals surface area (Å²) in [6.45, 7) is 2.69. The lowest BCUT2D eigenvalue weighted by atomic mass is 9.97. The maximum Gasteiger partial charge on any atom is 0.324 e. The maximum atomic E-state index is 12.2. The number of nitrogens with zero attached hydrogens (tertiary/aromatic N) is 4. The third-order valence-corrected chi connectivity index (χ3v) is 3.65. The number of carboxylic acid groups (broad SMARTS) is 1. The predicted molar refractivity (Wildman–Crippen MR) is 82.0 cm³/mol. The highest BCUT2D eigenvalue weighted by Crippen LogP contribution is 2.18. The van der Waals surface area contributed by atoms with Crippen LogP contribution in [-0.2, 0) is 4.79 Å². The normalized spacial score (nSPS) is 15.5. The summed E-state index contributed by atoms with van der Waals surface area (Å²) in [6.07, 6.45) is 0.945. The summed E-state index contributed by atoms with van der Waals surface area (Å²) in [4.78, 5) is 35.0. The van der Waals surface area contributed by atoms with E-state index in [1.54, 1.807) is 4.90 Å². The Morgan fingerprint density at radius 1 is 1.32 bits per heavy atom. The first-order valence-corrected chi connectivity index (χ1v) is 7.18. The average molecular weight is 307 g/mol. The average Bonchev–Trinajstić information content (AvgIpc) is 2.46. The molecule has 2 N–H and O–H groups in total. The molecule has 2 heterocycles. The Bertz CT molecular complexity index is 568. The SMILES string of the molecule is Cc1cc(N(C)C)nc(NC(=O)N2CCC(C(=O)O)CC2)n1. The standard InChI is InChI=1S/C14H21N5O3/c1-9-8-11(18(2)3)16-13(15-9)17-14(22)19-6-4-10(5-7-19)12(20)21/h8,10H,4-7H2,1-3H3,(H,20,21)(H,15,16,17,22). The molecular weight excluding hydrogens is 286 g/mol. The third kappa shape index (κ3) is 3.84. The van der Waals surface area contributed by atoms with Crippen LogP contribution in [-0.4, -0.2) is 59.2 Å². The number of urea groups is 1. The van der Waals surface area contributed by atoms with E-state index in [1.165, 1.54) is 0 Å². The monoisotopic (exact) mass is 307 g/mol.